The summed E-state index contributed by atoms with van der Waals surface area (Å²) in [5.74, 6) is -6.71. The van der Waals surface area contributed by atoms with Gasteiger partial charge in [-0.1, -0.05) is 33.8 Å². The van der Waals surface area contributed by atoms with E-state index in [2.05, 4.69) is 5.32 Å². The molecule has 3 aliphatic heterocycles. The Hall–Kier alpha value is -3.49. The smallest absolute Gasteiger partial charge is 0.341 e. The van der Waals surface area contributed by atoms with Crippen LogP contribution in [0, 0.1) is 23.7 Å². The number of aromatic nitrogens is 1. The van der Waals surface area contributed by atoms with Crippen LogP contribution in [0.2, 0.25) is 0 Å². The average Bonchev–Trinajstić information content (AvgIpc) is 3.37. The predicted octanol–water partition coefficient (Wildman–Crippen LogP) is 4.05. The number of Topliss-reactive ketones (excluding diaryl/α,β-unsaturated/α-hetero) is 1. The molecule has 1 aromatic carbocycles. The molecule has 1 aromatic heterocycles. The highest BCUT2D eigenvalue weighted by Gasteiger charge is 2.55. The number of pyridine rings is 1. The van der Waals surface area contributed by atoms with Gasteiger partial charge in [-0.25, -0.2) is 4.79 Å². The van der Waals surface area contributed by atoms with Crippen molar-refractivity contribution in [1.29, 1.82) is 0 Å². The number of benzene rings is 1. The molecule has 0 spiro atoms. The average molecular weight is 1110 g/mol. The Morgan fingerprint density at radius 3 is 2.16 bits per heavy atom. The molecule has 0 aliphatic carbocycles. The van der Waals surface area contributed by atoms with Gasteiger partial charge >= 0.3 is 11.9 Å². The highest BCUT2D eigenvalue weighted by Crippen LogP contribution is 2.42. The van der Waals surface area contributed by atoms with Crippen LogP contribution in [0.5, 0.6) is 0 Å². The molecule has 4 heterocycles. The van der Waals surface area contributed by atoms with Crippen molar-refractivity contribution >= 4 is 38.7 Å². The number of rotatable bonds is 19. The highest BCUT2D eigenvalue weighted by atomic mass is 32.2. The van der Waals surface area contributed by atoms with E-state index in [0.29, 0.717) is 43.3 Å². The molecule has 21 nitrogen and oxygen atoms in total. The molecule has 5 rings (SSSR count). The Morgan fingerprint density at radius 2 is 1.56 bits per heavy atom. The molecule has 0 amide bonds. The van der Waals surface area contributed by atoms with Crippen molar-refractivity contribution in [3.63, 3.8) is 0 Å². The summed E-state index contributed by atoms with van der Waals surface area (Å²) < 4.78 is 79.9. The first-order valence-corrected chi connectivity index (χ1v) is 28.7. The van der Waals surface area contributed by atoms with Gasteiger partial charge in [0.25, 0.3) is 10.1 Å². The van der Waals surface area contributed by atoms with E-state index in [0.717, 1.165) is 5.56 Å². The standard InChI is InChI=1S/C55H89N3O18S/c1-16-41-55(11,66)47(62)32(5)43(59)30(3)27-53(9,69-14)48(75-52-45(61)40(57(12)13)25-31(4)71-52)33(6)46(34(7)51(65)73-41)74-42-28-54(10,70-15)49(35(8)72-42)76-77(67,68)24-23-56-22-18-19-36-20-21-39-37(26-36)44(60)38(50(63)64)29-58(39)17-2/h20-21,26,29-35,40-42,45-49,52,56,61-62,66H,16-19,22-25,27-28H2,1-15H3,(H,63,64)/t30-,31-,32+,33+,34-,35+,40+,41-,42+,45-,46+,47-,48-,49+,52+,53-,54-,55-/m1/s1. The molecule has 0 radical (unpaired) electrons. The van der Waals surface area contributed by atoms with Crippen molar-refractivity contribution in [3.05, 3.63) is 45.7 Å². The van der Waals surface area contributed by atoms with Crippen LogP contribution in [0.15, 0.2) is 29.2 Å². The van der Waals surface area contributed by atoms with Gasteiger partial charge in [-0.2, -0.15) is 8.42 Å². The topological polar surface area (TPSA) is 277 Å². The van der Waals surface area contributed by atoms with Crippen LogP contribution in [-0.4, -0.2) is 187 Å². The van der Waals surface area contributed by atoms with E-state index < -0.39 is 129 Å². The van der Waals surface area contributed by atoms with Crippen molar-refractivity contribution in [1.82, 2.24) is 14.8 Å². The summed E-state index contributed by atoms with van der Waals surface area (Å²) in [5.41, 5.74) is -4.14. The van der Waals surface area contributed by atoms with Gasteiger partial charge in [-0.3, -0.25) is 18.6 Å². The third-order valence-corrected chi connectivity index (χ3v) is 17.7. The first-order chi connectivity index (χ1) is 35.9. The number of carbonyl (C=O) groups excluding carboxylic acids is 2. The van der Waals surface area contributed by atoms with Crippen molar-refractivity contribution in [2.24, 2.45) is 23.7 Å². The third-order valence-electron chi connectivity index (χ3n) is 16.5. The molecule has 0 saturated carbocycles. The number of nitrogens with one attached hydrogen (secondary N) is 1. The maximum Gasteiger partial charge on any atom is 0.341 e. The molecule has 438 valence electrons. The molecule has 0 unspecified atom stereocenters. The molecule has 18 atom stereocenters. The summed E-state index contributed by atoms with van der Waals surface area (Å²) in [6, 6.07) is 5.03. The van der Waals surface area contributed by atoms with Crippen LogP contribution < -0.4 is 10.7 Å². The lowest BCUT2D eigenvalue weighted by molar-refractivity contribution is -0.317. The maximum atomic E-state index is 14.6. The lowest BCUT2D eigenvalue weighted by Crippen LogP contribution is -2.62. The zero-order chi connectivity index (χ0) is 57.7. The quantitative estimate of drug-likeness (QED) is 0.0754. The number of carboxylic acid groups (broad SMARTS) is 1. The highest BCUT2D eigenvalue weighted by molar-refractivity contribution is 7.86. The molecular weight excluding hydrogens is 1020 g/mol. The minimum absolute atomic E-state index is 0.0312. The number of methoxy groups -OCH3 is 2. The van der Waals surface area contributed by atoms with Crippen molar-refractivity contribution in [2.45, 2.75) is 205 Å². The Morgan fingerprint density at radius 1 is 0.909 bits per heavy atom. The molecule has 5 N–H and O–H groups in total. The number of carboxylic acids is 1. The van der Waals surface area contributed by atoms with Gasteiger partial charge in [-0.05, 0) is 119 Å². The zero-order valence-electron chi connectivity index (χ0n) is 47.8. The first-order valence-electron chi connectivity index (χ1n) is 27.1. The second-order valence-electron chi connectivity index (χ2n) is 22.6. The van der Waals surface area contributed by atoms with Crippen LogP contribution >= 0.6 is 0 Å². The third kappa shape index (κ3) is 14.7. The summed E-state index contributed by atoms with van der Waals surface area (Å²) in [6.07, 6.45) is -8.06. The second kappa shape index (κ2) is 26.4. The van der Waals surface area contributed by atoms with E-state index >= 15 is 0 Å². The number of aliphatic hydroxyl groups is 3. The number of carbonyl (C=O) groups is 3. The number of nitrogens with zero attached hydrogens (tertiary/aromatic N) is 2. The van der Waals surface area contributed by atoms with E-state index in [-0.39, 0.29) is 49.3 Å². The first kappa shape index (κ1) is 64.3. The summed E-state index contributed by atoms with van der Waals surface area (Å²) in [5, 5.41) is 48.3. The van der Waals surface area contributed by atoms with E-state index in [1.165, 1.54) is 34.3 Å². The molecule has 3 fully saturated rings. The fraction of sp³-hybridized carbons (Fsp3) is 0.782. The number of aryl methyl sites for hydroxylation is 2. The van der Waals surface area contributed by atoms with Gasteiger partial charge < -0.3 is 68.4 Å². The predicted molar refractivity (Wildman–Crippen MR) is 286 cm³/mol. The number of fused-ring (bicyclic) bond motifs is 1. The Labute approximate surface area is 454 Å². The number of likely N-dealkylation sites (N-methyl/N-ethyl adjacent to an activating group) is 1. The van der Waals surface area contributed by atoms with Crippen molar-refractivity contribution in [3.8, 4) is 0 Å². The number of cyclic esters (lactones) is 1. The number of ketones is 1. The Kier molecular flexibility index (Phi) is 22.1. The SMILES string of the molecule is CC[C@H]1OC(=O)[C@H](C)[C@@H](O[C@H]2C[C@@](C)(OC)[C@@H](OS(=O)(=O)CCNCCCc3ccc4c(c3)c(=O)c(C(=O)O)cn4CC)[C@H](C)O2)[C@H](C)[C@@H](O[C@@H]2O[C@H](C)C[C@H](N(C)C)[C@H]2O)[C@](C)(OC)C[C@@H](C)C(=O)[C@H](C)[C@@H](O)[C@]1(C)O. The van der Waals surface area contributed by atoms with E-state index in [1.54, 1.807) is 65.2 Å². The minimum atomic E-state index is -4.21. The summed E-state index contributed by atoms with van der Waals surface area (Å²) in [7, 11) is 2.39. The van der Waals surface area contributed by atoms with Crippen LogP contribution in [-0.2, 0) is 70.0 Å². The minimum Gasteiger partial charge on any atom is -0.477 e. The normalized spacial score (nSPS) is 37.2. The fourth-order valence-electron chi connectivity index (χ4n) is 11.7. The number of ether oxygens (including phenoxy) is 7. The summed E-state index contributed by atoms with van der Waals surface area (Å²) >= 11 is 0. The van der Waals surface area contributed by atoms with Gasteiger partial charge in [0.05, 0.1) is 58.9 Å². The lowest BCUT2D eigenvalue weighted by Gasteiger charge is -2.50. The fourth-order valence-corrected chi connectivity index (χ4v) is 12.9. The summed E-state index contributed by atoms with van der Waals surface area (Å²) in [4.78, 5) is 55.4. The number of aliphatic hydroxyl groups excluding tert-OH is 2. The number of esters is 1. The van der Waals surface area contributed by atoms with Gasteiger partial charge in [-0.15, -0.1) is 0 Å². The molecule has 3 aliphatic rings. The van der Waals surface area contributed by atoms with Crippen LogP contribution in [0.3, 0.4) is 0 Å². The zero-order valence-corrected chi connectivity index (χ0v) is 48.7. The molecule has 0 bridgehead atoms. The van der Waals surface area contributed by atoms with Crippen molar-refractivity contribution < 1.29 is 80.6 Å². The molecular formula is C55H89N3O18S. The Bertz CT molecular complexity index is 2510. The van der Waals surface area contributed by atoms with Crippen molar-refractivity contribution in [2.75, 3.05) is 47.2 Å². The van der Waals surface area contributed by atoms with Gasteiger partial charge in [0.2, 0.25) is 5.43 Å². The van der Waals surface area contributed by atoms with Gasteiger partial charge in [0, 0.05) is 69.1 Å². The maximum absolute atomic E-state index is 14.6. The Balaban J connectivity index is 1.37. The van der Waals surface area contributed by atoms with Gasteiger partial charge in [0.15, 0.2) is 12.6 Å². The molecule has 2 aromatic rings. The number of hydrogen-bond acceptors (Lipinski definition) is 19. The second-order valence-corrected chi connectivity index (χ2v) is 24.3. The molecule has 22 heteroatoms. The van der Waals surface area contributed by atoms with Crippen LogP contribution in [0.1, 0.15) is 124 Å². The lowest BCUT2D eigenvalue weighted by atomic mass is 9.74. The number of aromatic carboxylic acids is 1. The summed E-state index contributed by atoms with van der Waals surface area (Å²) in [6.45, 7) is 19.4. The van der Waals surface area contributed by atoms with E-state index in [9.17, 15) is 48.0 Å². The molecule has 77 heavy (non-hydrogen) atoms. The van der Waals surface area contributed by atoms with Gasteiger partial charge in [0.1, 0.15) is 35.3 Å². The van der Waals surface area contributed by atoms with Crippen LogP contribution in [0.25, 0.3) is 10.9 Å². The van der Waals surface area contributed by atoms with E-state index in [1.807, 2.05) is 38.9 Å². The van der Waals surface area contributed by atoms with Crippen LogP contribution in [0.4, 0.5) is 0 Å². The molecule has 3 saturated heterocycles. The largest absolute Gasteiger partial charge is 0.477 e. The van der Waals surface area contributed by atoms with E-state index in [4.69, 9.17) is 37.3 Å². The monoisotopic (exact) mass is 1110 g/mol. The number of hydrogen-bond donors (Lipinski definition) is 5.